The number of benzene rings is 2. The zero-order chi connectivity index (χ0) is 21.5. The van der Waals surface area contributed by atoms with E-state index in [1.54, 1.807) is 0 Å². The van der Waals surface area contributed by atoms with Gasteiger partial charge in [0, 0.05) is 12.1 Å². The smallest absolute Gasteiger partial charge is 0.230 e. The van der Waals surface area contributed by atoms with Crippen molar-refractivity contribution in [2.45, 2.75) is 51.9 Å². The number of carbonyl (C=O) groups is 1. The van der Waals surface area contributed by atoms with Gasteiger partial charge in [0.25, 0.3) is 0 Å². The van der Waals surface area contributed by atoms with Gasteiger partial charge in [-0.2, -0.15) is 0 Å². The summed E-state index contributed by atoms with van der Waals surface area (Å²) in [5, 5.41) is 12.6. The normalized spacial score (nSPS) is 12.2. The Balaban J connectivity index is 1.66. The molecule has 1 aromatic heterocycles. The number of hydrogen-bond acceptors (Lipinski definition) is 4. The van der Waals surface area contributed by atoms with E-state index in [1.807, 2.05) is 30.3 Å². The van der Waals surface area contributed by atoms with Crippen LogP contribution in [0.25, 0.3) is 11.4 Å². The minimum absolute atomic E-state index is 0.00480. The summed E-state index contributed by atoms with van der Waals surface area (Å²) in [6, 6.07) is 18.5. The first kappa shape index (κ1) is 22.1. The predicted octanol–water partition coefficient (Wildman–Crippen LogP) is 5.13. The molecule has 0 aliphatic heterocycles. The molecule has 1 heterocycles. The first-order valence-corrected chi connectivity index (χ1v) is 11.5. The van der Waals surface area contributed by atoms with Crippen molar-refractivity contribution in [2.24, 2.45) is 5.92 Å². The van der Waals surface area contributed by atoms with Crippen LogP contribution in [0.15, 0.2) is 59.8 Å². The van der Waals surface area contributed by atoms with Crippen molar-refractivity contribution >= 4 is 17.7 Å². The van der Waals surface area contributed by atoms with Crippen LogP contribution >= 0.6 is 11.8 Å². The van der Waals surface area contributed by atoms with Gasteiger partial charge in [-0.3, -0.25) is 4.79 Å². The van der Waals surface area contributed by atoms with Gasteiger partial charge in [0.05, 0.1) is 11.8 Å². The zero-order valence-corrected chi connectivity index (χ0v) is 18.9. The van der Waals surface area contributed by atoms with Crippen molar-refractivity contribution in [1.82, 2.24) is 20.1 Å². The second kappa shape index (κ2) is 10.4. The van der Waals surface area contributed by atoms with Gasteiger partial charge in [-0.1, -0.05) is 87.1 Å². The minimum atomic E-state index is -0.00655. The van der Waals surface area contributed by atoms with Crippen molar-refractivity contribution in [1.29, 1.82) is 0 Å². The molecule has 0 spiro atoms. The lowest BCUT2D eigenvalue weighted by atomic mass is 9.95. The van der Waals surface area contributed by atoms with Gasteiger partial charge in [-0.15, -0.1) is 10.2 Å². The molecule has 0 bridgehead atoms. The van der Waals surface area contributed by atoms with Gasteiger partial charge in [0.1, 0.15) is 0 Å². The van der Waals surface area contributed by atoms with Crippen LogP contribution in [0.2, 0.25) is 0 Å². The number of nitrogens with one attached hydrogen (secondary N) is 1. The van der Waals surface area contributed by atoms with E-state index in [-0.39, 0.29) is 11.9 Å². The molecule has 0 saturated carbocycles. The molecular formula is C24H30N4OS. The highest BCUT2D eigenvalue weighted by Gasteiger charge is 2.20. The van der Waals surface area contributed by atoms with Crippen LogP contribution in [0, 0.1) is 5.92 Å². The number of amides is 1. The molecule has 2 aromatic carbocycles. The van der Waals surface area contributed by atoms with Crippen LogP contribution in [-0.4, -0.2) is 26.4 Å². The number of rotatable bonds is 9. The molecule has 0 unspecified atom stereocenters. The Kier molecular flexibility index (Phi) is 7.69. The fourth-order valence-corrected chi connectivity index (χ4v) is 4.24. The van der Waals surface area contributed by atoms with E-state index in [0.717, 1.165) is 35.1 Å². The molecule has 3 aromatic rings. The van der Waals surface area contributed by atoms with Crippen molar-refractivity contribution in [3.8, 4) is 11.4 Å². The molecule has 0 fully saturated rings. The predicted molar refractivity (Wildman–Crippen MR) is 123 cm³/mol. The Morgan fingerprint density at radius 2 is 1.73 bits per heavy atom. The minimum Gasteiger partial charge on any atom is -0.348 e. The molecule has 0 aliphatic rings. The quantitative estimate of drug-likeness (QED) is 0.486. The zero-order valence-electron chi connectivity index (χ0n) is 18.1. The highest BCUT2D eigenvalue weighted by atomic mass is 32.2. The summed E-state index contributed by atoms with van der Waals surface area (Å²) in [5.74, 6) is 1.45. The average Bonchev–Trinajstić information content (AvgIpc) is 3.19. The third-order valence-electron chi connectivity index (χ3n) is 5.13. The van der Waals surface area contributed by atoms with Gasteiger partial charge in [0.15, 0.2) is 11.0 Å². The molecule has 0 aliphatic carbocycles. The van der Waals surface area contributed by atoms with E-state index in [9.17, 15) is 4.79 Å². The Bertz CT molecular complexity index is 951. The molecule has 1 N–H and O–H groups in total. The lowest BCUT2D eigenvalue weighted by Crippen LogP contribution is -2.33. The number of thioether (sulfide) groups is 1. The Hall–Kier alpha value is -2.60. The average molecular weight is 423 g/mol. The Labute approximate surface area is 183 Å². The summed E-state index contributed by atoms with van der Waals surface area (Å²) in [4.78, 5) is 12.7. The summed E-state index contributed by atoms with van der Waals surface area (Å²) in [5.41, 5.74) is 3.47. The maximum atomic E-state index is 12.7. The monoisotopic (exact) mass is 422 g/mol. The summed E-state index contributed by atoms with van der Waals surface area (Å²) in [6.07, 6.45) is 1.01. The topological polar surface area (TPSA) is 59.8 Å². The second-order valence-electron chi connectivity index (χ2n) is 7.59. The third kappa shape index (κ3) is 5.30. The number of carbonyl (C=O) groups excluding carboxylic acids is 1. The van der Waals surface area contributed by atoms with Gasteiger partial charge < -0.3 is 9.88 Å². The van der Waals surface area contributed by atoms with Crippen LogP contribution in [0.4, 0.5) is 0 Å². The number of nitrogens with zero attached hydrogens (tertiary/aromatic N) is 3. The maximum Gasteiger partial charge on any atom is 0.230 e. The summed E-state index contributed by atoms with van der Waals surface area (Å²) >= 11 is 1.43. The standard InChI is InChI=1S/C24H30N4OS/c1-5-18-12-14-19(15-13-18)22(17(3)4)25-21(29)16-30-24-27-26-23(28(24)6-2)20-10-8-7-9-11-20/h7-15,17,22H,5-6,16H2,1-4H3,(H,25,29)/t22-/m0/s1. The first-order chi connectivity index (χ1) is 14.5. The molecule has 0 radical (unpaired) electrons. The third-order valence-corrected chi connectivity index (χ3v) is 6.09. The fourth-order valence-electron chi connectivity index (χ4n) is 3.42. The van der Waals surface area contributed by atoms with Crippen LogP contribution in [-0.2, 0) is 17.8 Å². The molecule has 3 rings (SSSR count). The lowest BCUT2D eigenvalue weighted by Gasteiger charge is -2.23. The number of aryl methyl sites for hydroxylation is 1. The number of aromatic nitrogens is 3. The van der Waals surface area contributed by atoms with Crippen molar-refractivity contribution in [3.05, 3.63) is 65.7 Å². The first-order valence-electron chi connectivity index (χ1n) is 10.5. The summed E-state index contributed by atoms with van der Waals surface area (Å²) in [6.45, 7) is 9.22. The van der Waals surface area contributed by atoms with Crippen LogP contribution in [0.5, 0.6) is 0 Å². The van der Waals surface area contributed by atoms with Crippen LogP contribution in [0.3, 0.4) is 0 Å². The lowest BCUT2D eigenvalue weighted by molar-refractivity contribution is -0.119. The van der Waals surface area contributed by atoms with Crippen molar-refractivity contribution in [3.63, 3.8) is 0 Å². The van der Waals surface area contributed by atoms with E-state index in [4.69, 9.17) is 0 Å². The maximum absolute atomic E-state index is 12.7. The summed E-state index contributed by atoms with van der Waals surface area (Å²) in [7, 11) is 0. The van der Waals surface area contributed by atoms with E-state index in [2.05, 4.69) is 72.0 Å². The van der Waals surface area contributed by atoms with E-state index in [1.165, 1.54) is 17.3 Å². The molecule has 158 valence electrons. The molecule has 6 heteroatoms. The molecule has 1 amide bonds. The van der Waals surface area contributed by atoms with E-state index >= 15 is 0 Å². The molecule has 5 nitrogen and oxygen atoms in total. The number of hydrogen-bond donors (Lipinski definition) is 1. The second-order valence-corrected chi connectivity index (χ2v) is 8.53. The van der Waals surface area contributed by atoms with Crippen LogP contribution < -0.4 is 5.32 Å². The molecule has 30 heavy (non-hydrogen) atoms. The Morgan fingerprint density at radius 1 is 1.03 bits per heavy atom. The van der Waals surface area contributed by atoms with Gasteiger partial charge in [-0.25, -0.2) is 0 Å². The molecule has 0 saturated heterocycles. The van der Waals surface area contributed by atoms with E-state index in [0.29, 0.717) is 11.7 Å². The summed E-state index contributed by atoms with van der Waals surface area (Å²) < 4.78 is 2.05. The highest BCUT2D eigenvalue weighted by molar-refractivity contribution is 7.99. The van der Waals surface area contributed by atoms with Crippen molar-refractivity contribution < 1.29 is 4.79 Å². The Morgan fingerprint density at radius 3 is 2.33 bits per heavy atom. The fraction of sp³-hybridized carbons (Fsp3) is 0.375. The highest BCUT2D eigenvalue weighted by Crippen LogP contribution is 2.25. The van der Waals surface area contributed by atoms with Gasteiger partial charge in [-0.05, 0) is 30.4 Å². The van der Waals surface area contributed by atoms with E-state index < -0.39 is 0 Å². The SMILES string of the molecule is CCc1ccc([C@@H](NC(=O)CSc2nnc(-c3ccccc3)n2CC)C(C)C)cc1. The van der Waals surface area contributed by atoms with Gasteiger partial charge in [0.2, 0.25) is 5.91 Å². The molecule has 1 atom stereocenters. The van der Waals surface area contributed by atoms with Crippen molar-refractivity contribution in [2.75, 3.05) is 5.75 Å². The largest absolute Gasteiger partial charge is 0.348 e. The van der Waals surface area contributed by atoms with Gasteiger partial charge >= 0.3 is 0 Å². The molecular weight excluding hydrogens is 392 g/mol. The van der Waals surface area contributed by atoms with Crippen LogP contribution in [0.1, 0.15) is 44.9 Å².